The van der Waals surface area contributed by atoms with Crippen LogP contribution in [-0.4, -0.2) is 9.55 Å². The molecule has 0 amide bonds. The third kappa shape index (κ3) is 3.58. The predicted molar refractivity (Wildman–Crippen MR) is 178 cm³/mol. The average molecular weight is 559 g/mol. The summed E-state index contributed by atoms with van der Waals surface area (Å²) in [6, 6.07) is 48.3. The minimum absolute atomic E-state index is 1.04. The zero-order valence-electron chi connectivity index (χ0n) is 21.9. The Morgan fingerprint density at radius 2 is 1.20 bits per heavy atom. The highest BCUT2D eigenvalue weighted by Gasteiger charge is 2.16. The molecule has 0 bridgehead atoms. The maximum atomic E-state index is 5.06. The van der Waals surface area contributed by atoms with E-state index in [9.17, 15) is 0 Å². The monoisotopic (exact) mass is 558 g/mol. The van der Waals surface area contributed by atoms with E-state index in [2.05, 4.69) is 138 Å². The molecule has 0 radical (unpaired) electrons. The first-order valence-electron chi connectivity index (χ1n) is 13.7. The van der Waals surface area contributed by atoms with Crippen LogP contribution in [-0.2, 0) is 0 Å². The van der Waals surface area contributed by atoms with E-state index in [1.54, 1.807) is 11.3 Å². The SMILES string of the molecule is c1ccc(-c2nc3cc4c(cc3s2)c2ccccc2n4-c2cccc(-c3ccc4sc5ccccc5c4c3)c2)cc1. The normalized spacial score (nSPS) is 11.9. The van der Waals surface area contributed by atoms with Crippen molar-refractivity contribution in [3.05, 3.63) is 133 Å². The Morgan fingerprint density at radius 3 is 2.12 bits per heavy atom. The molecule has 0 fully saturated rings. The van der Waals surface area contributed by atoms with Crippen LogP contribution in [0.3, 0.4) is 0 Å². The molecular weight excluding hydrogens is 537 g/mol. The number of hydrogen-bond acceptors (Lipinski definition) is 3. The van der Waals surface area contributed by atoms with Gasteiger partial charge in [-0.2, -0.15) is 0 Å². The number of para-hydroxylation sites is 1. The van der Waals surface area contributed by atoms with E-state index in [0.717, 1.165) is 21.8 Å². The second kappa shape index (κ2) is 8.87. The number of rotatable bonds is 3. The van der Waals surface area contributed by atoms with E-state index in [-0.39, 0.29) is 0 Å². The fraction of sp³-hybridized carbons (Fsp3) is 0. The highest BCUT2D eigenvalue weighted by atomic mass is 32.1. The third-order valence-electron chi connectivity index (χ3n) is 8.02. The Balaban J connectivity index is 1.25. The van der Waals surface area contributed by atoms with Gasteiger partial charge >= 0.3 is 0 Å². The third-order valence-corrected chi connectivity index (χ3v) is 10.2. The van der Waals surface area contributed by atoms with E-state index in [1.807, 2.05) is 11.3 Å². The Labute approximate surface area is 244 Å². The molecule has 0 saturated heterocycles. The lowest BCUT2D eigenvalue weighted by atomic mass is 10.0. The molecule has 3 aromatic heterocycles. The van der Waals surface area contributed by atoms with Gasteiger partial charge in [0.2, 0.25) is 0 Å². The lowest BCUT2D eigenvalue weighted by molar-refractivity contribution is 1.18. The standard InChI is InChI=1S/C37H22N2S2/c1-2-9-23(10-3-1)37-38-31-22-33-29(21-36(31)41-37)27-13-4-6-15-32(27)39(33)26-12-8-11-24(19-26)25-17-18-35-30(20-25)28-14-5-7-16-34(28)40-35/h1-22H. The lowest BCUT2D eigenvalue weighted by Crippen LogP contribution is -1.94. The highest BCUT2D eigenvalue weighted by Crippen LogP contribution is 2.40. The molecular formula is C37H22N2S2. The molecule has 9 aromatic rings. The maximum Gasteiger partial charge on any atom is 0.124 e. The molecule has 9 rings (SSSR count). The highest BCUT2D eigenvalue weighted by molar-refractivity contribution is 7.25. The molecule has 6 aromatic carbocycles. The summed E-state index contributed by atoms with van der Waals surface area (Å²) in [5, 5.41) is 6.23. The van der Waals surface area contributed by atoms with Crippen LogP contribution in [0.1, 0.15) is 0 Å². The summed E-state index contributed by atoms with van der Waals surface area (Å²) in [4.78, 5) is 5.06. The molecule has 0 N–H and O–H groups in total. The zero-order valence-corrected chi connectivity index (χ0v) is 23.5. The number of hydrogen-bond donors (Lipinski definition) is 0. The van der Waals surface area contributed by atoms with Gasteiger partial charge in [0.05, 0.1) is 21.3 Å². The Kier molecular flexibility index (Phi) is 4.97. The smallest absolute Gasteiger partial charge is 0.124 e. The van der Waals surface area contributed by atoms with Crippen molar-refractivity contribution >= 4 is 74.9 Å². The average Bonchev–Trinajstić information content (AvgIpc) is 3.71. The number of nitrogens with zero attached hydrogens (tertiary/aromatic N) is 2. The topological polar surface area (TPSA) is 17.8 Å². The van der Waals surface area contributed by atoms with Crippen molar-refractivity contribution in [2.45, 2.75) is 0 Å². The van der Waals surface area contributed by atoms with Gasteiger partial charge in [-0.3, -0.25) is 0 Å². The minimum Gasteiger partial charge on any atom is -0.309 e. The molecule has 0 aliphatic heterocycles. The summed E-state index contributed by atoms with van der Waals surface area (Å²) in [6.45, 7) is 0. The van der Waals surface area contributed by atoms with Crippen LogP contribution in [0.2, 0.25) is 0 Å². The summed E-state index contributed by atoms with van der Waals surface area (Å²) in [6.07, 6.45) is 0. The van der Waals surface area contributed by atoms with Gasteiger partial charge in [0, 0.05) is 42.2 Å². The van der Waals surface area contributed by atoms with Crippen molar-refractivity contribution in [1.82, 2.24) is 9.55 Å². The van der Waals surface area contributed by atoms with Gasteiger partial charge in [-0.15, -0.1) is 22.7 Å². The minimum atomic E-state index is 1.04. The number of fused-ring (bicyclic) bond motifs is 7. The van der Waals surface area contributed by atoms with E-state index < -0.39 is 0 Å². The first kappa shape index (κ1) is 23.0. The molecule has 0 saturated carbocycles. The second-order valence-electron chi connectivity index (χ2n) is 10.4. The fourth-order valence-corrected chi connectivity index (χ4v) is 8.18. The molecule has 41 heavy (non-hydrogen) atoms. The molecule has 0 spiro atoms. The van der Waals surface area contributed by atoms with Crippen LogP contribution in [0.15, 0.2) is 133 Å². The molecule has 0 aliphatic rings. The molecule has 4 heteroatoms. The number of thiophene rings is 1. The van der Waals surface area contributed by atoms with Gasteiger partial charge in [0.1, 0.15) is 5.01 Å². The number of benzene rings is 6. The molecule has 0 aliphatic carbocycles. The molecule has 192 valence electrons. The van der Waals surface area contributed by atoms with Crippen LogP contribution in [0, 0.1) is 0 Å². The van der Waals surface area contributed by atoms with Crippen molar-refractivity contribution in [1.29, 1.82) is 0 Å². The largest absolute Gasteiger partial charge is 0.309 e. The van der Waals surface area contributed by atoms with Crippen LogP contribution in [0.25, 0.3) is 79.6 Å². The first-order valence-corrected chi connectivity index (χ1v) is 15.3. The lowest BCUT2D eigenvalue weighted by Gasteiger charge is -2.10. The Bertz CT molecular complexity index is 2430. The van der Waals surface area contributed by atoms with Crippen molar-refractivity contribution in [3.63, 3.8) is 0 Å². The van der Waals surface area contributed by atoms with Crippen LogP contribution in [0.5, 0.6) is 0 Å². The molecule has 0 unspecified atom stereocenters. The van der Waals surface area contributed by atoms with E-state index >= 15 is 0 Å². The maximum absolute atomic E-state index is 5.06. The number of thiazole rings is 1. The van der Waals surface area contributed by atoms with Crippen LogP contribution < -0.4 is 0 Å². The predicted octanol–water partition coefficient (Wildman–Crippen LogP) is 11.1. The van der Waals surface area contributed by atoms with E-state index in [0.29, 0.717) is 0 Å². The van der Waals surface area contributed by atoms with Gasteiger partial charge in [0.15, 0.2) is 0 Å². The van der Waals surface area contributed by atoms with Gasteiger partial charge in [-0.25, -0.2) is 4.98 Å². The summed E-state index contributed by atoms with van der Waals surface area (Å²) < 4.78 is 6.27. The van der Waals surface area contributed by atoms with Gasteiger partial charge in [0.25, 0.3) is 0 Å². The molecule has 3 heterocycles. The fourth-order valence-electron chi connectivity index (χ4n) is 6.10. The quantitative estimate of drug-likeness (QED) is 0.211. The molecule has 0 atom stereocenters. The summed E-state index contributed by atoms with van der Waals surface area (Å²) in [5.41, 5.74) is 8.19. The summed E-state index contributed by atoms with van der Waals surface area (Å²) in [7, 11) is 0. The van der Waals surface area contributed by atoms with Crippen molar-refractivity contribution < 1.29 is 0 Å². The summed E-state index contributed by atoms with van der Waals surface area (Å²) >= 11 is 3.62. The van der Waals surface area contributed by atoms with Gasteiger partial charge in [-0.1, -0.05) is 84.9 Å². The molecule has 2 nitrogen and oxygen atoms in total. The van der Waals surface area contributed by atoms with Gasteiger partial charge < -0.3 is 4.57 Å². The number of aromatic nitrogens is 2. The zero-order chi connectivity index (χ0) is 26.9. The Morgan fingerprint density at radius 1 is 0.439 bits per heavy atom. The van der Waals surface area contributed by atoms with E-state index in [4.69, 9.17) is 4.98 Å². The second-order valence-corrected chi connectivity index (χ2v) is 12.5. The van der Waals surface area contributed by atoms with Crippen molar-refractivity contribution in [2.24, 2.45) is 0 Å². The van der Waals surface area contributed by atoms with Crippen LogP contribution in [0.4, 0.5) is 0 Å². The Hall–Kier alpha value is -4.77. The van der Waals surface area contributed by atoms with Gasteiger partial charge in [-0.05, 0) is 59.7 Å². The van der Waals surface area contributed by atoms with Crippen molar-refractivity contribution in [2.75, 3.05) is 0 Å². The van der Waals surface area contributed by atoms with E-state index in [1.165, 1.54) is 57.8 Å². The van der Waals surface area contributed by atoms with Crippen LogP contribution >= 0.6 is 22.7 Å². The first-order chi connectivity index (χ1) is 20.3. The van der Waals surface area contributed by atoms with Crippen molar-refractivity contribution in [3.8, 4) is 27.4 Å². The summed E-state index contributed by atoms with van der Waals surface area (Å²) in [5.74, 6) is 0.